The molecule has 0 aliphatic carbocycles. The molecule has 2 rings (SSSR count). The van der Waals surface area contributed by atoms with Gasteiger partial charge in [0.15, 0.2) is 6.29 Å². The van der Waals surface area contributed by atoms with Crippen molar-refractivity contribution >= 4 is 6.29 Å². The highest BCUT2D eigenvalue weighted by Gasteiger charge is 2.31. The second-order valence-electron chi connectivity index (χ2n) is 4.34. The highest BCUT2D eigenvalue weighted by molar-refractivity contribution is 5.56. The van der Waals surface area contributed by atoms with Gasteiger partial charge in [-0.2, -0.15) is 0 Å². The molecular weight excluding hydrogens is 232 g/mol. The predicted octanol–water partition coefficient (Wildman–Crippen LogP) is 2.33. The van der Waals surface area contributed by atoms with Crippen molar-refractivity contribution in [1.82, 2.24) is 0 Å². The molecule has 0 N–H and O–H groups in total. The van der Waals surface area contributed by atoms with Crippen LogP contribution < -0.4 is 4.74 Å². The molecule has 0 unspecified atom stereocenters. The average Bonchev–Trinajstić information content (AvgIpc) is 2.46. The normalized spacial score (nSPS) is 27.8. The van der Waals surface area contributed by atoms with E-state index in [1.807, 2.05) is 31.2 Å². The Hall–Kier alpha value is -1.39. The molecule has 0 bridgehead atoms. The number of hydrogen-bond donors (Lipinski definition) is 0. The third-order valence-corrected chi connectivity index (χ3v) is 3.25. The fourth-order valence-corrected chi connectivity index (χ4v) is 2.03. The van der Waals surface area contributed by atoms with Crippen molar-refractivity contribution < 1.29 is 19.0 Å². The summed E-state index contributed by atoms with van der Waals surface area (Å²) in [5.74, 6) is 0.935. The summed E-state index contributed by atoms with van der Waals surface area (Å²) in [4.78, 5) is 11.0. The number of carbonyl (C=O) groups is 1. The zero-order valence-electron chi connectivity index (χ0n) is 10.7. The van der Waals surface area contributed by atoms with Gasteiger partial charge in [0, 0.05) is 11.5 Å². The Labute approximate surface area is 107 Å². The Balaban J connectivity index is 2.07. The van der Waals surface area contributed by atoms with E-state index in [2.05, 4.69) is 0 Å². The van der Waals surface area contributed by atoms with Crippen molar-refractivity contribution in [3.05, 3.63) is 29.8 Å². The number of carbonyl (C=O) groups excluding carboxylic acids is 1. The molecule has 1 aromatic rings. The van der Waals surface area contributed by atoms with Crippen molar-refractivity contribution in [2.24, 2.45) is 5.92 Å². The van der Waals surface area contributed by atoms with E-state index < -0.39 is 6.29 Å². The maximum absolute atomic E-state index is 11.0. The molecule has 0 saturated carbocycles. The molecular formula is C14H18O4. The molecule has 3 atom stereocenters. The number of methoxy groups -OCH3 is 1. The average molecular weight is 250 g/mol. The van der Waals surface area contributed by atoms with Crippen LogP contribution in [-0.2, 0) is 14.3 Å². The van der Waals surface area contributed by atoms with Crippen LogP contribution in [0.5, 0.6) is 5.75 Å². The van der Waals surface area contributed by atoms with E-state index >= 15 is 0 Å². The third kappa shape index (κ3) is 2.71. The molecule has 0 spiro atoms. The first kappa shape index (κ1) is 13.1. The minimum Gasteiger partial charge on any atom is -0.497 e. The van der Waals surface area contributed by atoms with Gasteiger partial charge in [-0.3, -0.25) is 0 Å². The molecule has 0 amide bonds. The van der Waals surface area contributed by atoms with E-state index in [-0.39, 0.29) is 12.0 Å². The molecule has 4 heteroatoms. The van der Waals surface area contributed by atoms with Gasteiger partial charge in [0.2, 0.25) is 0 Å². The number of hydrogen-bond acceptors (Lipinski definition) is 4. The lowest BCUT2D eigenvalue weighted by Crippen LogP contribution is -2.36. The van der Waals surface area contributed by atoms with Crippen LogP contribution in [-0.4, -0.2) is 26.1 Å². The highest BCUT2D eigenvalue weighted by atomic mass is 16.7. The van der Waals surface area contributed by atoms with E-state index in [1.165, 1.54) is 0 Å². The molecule has 1 fully saturated rings. The first-order valence-corrected chi connectivity index (χ1v) is 6.14. The molecule has 4 nitrogen and oxygen atoms in total. The lowest BCUT2D eigenvalue weighted by Gasteiger charge is -2.33. The summed E-state index contributed by atoms with van der Waals surface area (Å²) >= 11 is 0. The van der Waals surface area contributed by atoms with Crippen LogP contribution in [0.1, 0.15) is 25.2 Å². The maximum atomic E-state index is 11.0. The highest BCUT2D eigenvalue weighted by Crippen LogP contribution is 2.30. The molecule has 98 valence electrons. The molecule has 1 aliphatic rings. The second kappa shape index (κ2) is 5.98. The molecule has 0 aromatic heterocycles. The third-order valence-electron chi connectivity index (χ3n) is 3.25. The van der Waals surface area contributed by atoms with Gasteiger partial charge < -0.3 is 19.0 Å². The monoisotopic (exact) mass is 250 g/mol. The Kier molecular flexibility index (Phi) is 4.33. The number of aldehydes is 1. The van der Waals surface area contributed by atoms with Crippen LogP contribution in [0.15, 0.2) is 24.3 Å². The quantitative estimate of drug-likeness (QED) is 0.769. The summed E-state index contributed by atoms with van der Waals surface area (Å²) in [6.07, 6.45) is 0.899. The van der Waals surface area contributed by atoms with Crippen molar-refractivity contribution in [2.45, 2.75) is 25.7 Å². The van der Waals surface area contributed by atoms with Gasteiger partial charge in [-0.25, -0.2) is 0 Å². The van der Waals surface area contributed by atoms with Crippen LogP contribution in [0.4, 0.5) is 0 Å². The summed E-state index contributed by atoms with van der Waals surface area (Å²) < 4.78 is 16.4. The van der Waals surface area contributed by atoms with Crippen LogP contribution in [0.25, 0.3) is 0 Å². The SMILES string of the molecule is CC[C@H]1CO[C@H](c2ccc(OC)cc2)O[C@@H]1C=O. The van der Waals surface area contributed by atoms with Crippen LogP contribution in [0.3, 0.4) is 0 Å². The van der Waals surface area contributed by atoms with Gasteiger partial charge >= 0.3 is 0 Å². The summed E-state index contributed by atoms with van der Waals surface area (Å²) in [6, 6.07) is 7.48. The van der Waals surface area contributed by atoms with Gasteiger partial charge in [-0.1, -0.05) is 19.1 Å². The summed E-state index contributed by atoms with van der Waals surface area (Å²) in [5.41, 5.74) is 0.900. The topological polar surface area (TPSA) is 44.8 Å². The van der Waals surface area contributed by atoms with Crippen molar-refractivity contribution in [3.63, 3.8) is 0 Å². The van der Waals surface area contributed by atoms with Gasteiger partial charge in [-0.15, -0.1) is 0 Å². The van der Waals surface area contributed by atoms with E-state index in [4.69, 9.17) is 14.2 Å². The first-order valence-electron chi connectivity index (χ1n) is 6.14. The Morgan fingerprint density at radius 1 is 1.39 bits per heavy atom. The standard InChI is InChI=1S/C14H18O4/c1-3-10-9-17-14(18-13(10)8-15)11-4-6-12(16-2)7-5-11/h4-8,10,13-14H,3,9H2,1-2H3/t10-,13+,14-/m0/s1. The van der Waals surface area contributed by atoms with Gasteiger partial charge in [0.05, 0.1) is 13.7 Å². The summed E-state index contributed by atoms with van der Waals surface area (Å²) in [6.45, 7) is 2.58. The smallest absolute Gasteiger partial charge is 0.184 e. The van der Waals surface area contributed by atoms with Crippen LogP contribution >= 0.6 is 0 Å². The zero-order valence-corrected chi connectivity index (χ0v) is 10.7. The van der Waals surface area contributed by atoms with Gasteiger partial charge in [0.1, 0.15) is 18.1 Å². The number of rotatable bonds is 4. The fraction of sp³-hybridized carbons (Fsp3) is 0.500. The second-order valence-corrected chi connectivity index (χ2v) is 4.34. The Morgan fingerprint density at radius 3 is 2.67 bits per heavy atom. The van der Waals surface area contributed by atoms with Gasteiger partial charge in [0.25, 0.3) is 0 Å². The fourth-order valence-electron chi connectivity index (χ4n) is 2.03. The largest absolute Gasteiger partial charge is 0.497 e. The molecule has 18 heavy (non-hydrogen) atoms. The summed E-state index contributed by atoms with van der Waals surface area (Å²) in [5, 5.41) is 0. The van der Waals surface area contributed by atoms with Crippen molar-refractivity contribution in [3.8, 4) is 5.75 Å². The molecule has 1 aromatic carbocycles. The van der Waals surface area contributed by atoms with Crippen molar-refractivity contribution in [2.75, 3.05) is 13.7 Å². The molecule has 0 radical (unpaired) electrons. The van der Waals surface area contributed by atoms with E-state index in [0.717, 1.165) is 24.0 Å². The molecule has 1 saturated heterocycles. The lowest BCUT2D eigenvalue weighted by atomic mass is 10.00. The number of ether oxygens (including phenoxy) is 3. The Morgan fingerprint density at radius 2 is 2.11 bits per heavy atom. The Bertz CT molecular complexity index is 387. The first-order chi connectivity index (χ1) is 8.78. The van der Waals surface area contributed by atoms with E-state index in [1.54, 1.807) is 7.11 Å². The summed E-state index contributed by atoms with van der Waals surface area (Å²) in [7, 11) is 1.62. The predicted molar refractivity (Wildman–Crippen MR) is 66.4 cm³/mol. The van der Waals surface area contributed by atoms with E-state index in [0.29, 0.717) is 6.61 Å². The van der Waals surface area contributed by atoms with E-state index in [9.17, 15) is 4.79 Å². The van der Waals surface area contributed by atoms with Crippen molar-refractivity contribution in [1.29, 1.82) is 0 Å². The van der Waals surface area contributed by atoms with Crippen LogP contribution in [0.2, 0.25) is 0 Å². The molecule has 1 heterocycles. The zero-order chi connectivity index (χ0) is 13.0. The molecule has 1 aliphatic heterocycles. The maximum Gasteiger partial charge on any atom is 0.184 e. The lowest BCUT2D eigenvalue weighted by molar-refractivity contribution is -0.233. The number of benzene rings is 1. The van der Waals surface area contributed by atoms with Gasteiger partial charge in [-0.05, 0) is 18.6 Å². The minimum absolute atomic E-state index is 0.150. The minimum atomic E-state index is -0.464. The van der Waals surface area contributed by atoms with Crippen LogP contribution in [0, 0.1) is 5.92 Å².